The van der Waals surface area contributed by atoms with E-state index in [0.717, 1.165) is 4.88 Å². The third-order valence-electron chi connectivity index (χ3n) is 4.67. The number of aliphatic hydroxyl groups excluding tert-OH is 1. The number of aromatic nitrogens is 2. The van der Waals surface area contributed by atoms with Crippen LogP contribution in [-0.2, 0) is 0 Å². The van der Waals surface area contributed by atoms with Gasteiger partial charge in [-0.05, 0) is 36.3 Å². The largest absolute Gasteiger partial charge is 0.393 e. The van der Waals surface area contributed by atoms with Crippen molar-refractivity contribution in [2.75, 3.05) is 0 Å². The molecular weight excluding hydrogens is 338 g/mol. The van der Waals surface area contributed by atoms with Gasteiger partial charge in [0, 0.05) is 10.3 Å². The van der Waals surface area contributed by atoms with Crippen molar-refractivity contribution >= 4 is 28.0 Å². The van der Waals surface area contributed by atoms with Crippen molar-refractivity contribution in [3.8, 4) is 0 Å². The van der Waals surface area contributed by atoms with Crippen molar-refractivity contribution in [2.45, 2.75) is 25.0 Å². The standard InChI is InChI=1S/C18H17N3O3S/c22-11-8-10(9-11)15(14-6-3-7-25-14)19-18(24)16-12-4-1-2-5-13(12)17(23)21-20-16/h1-7,10-11,15,22H,8-9H2,(H,19,24)(H,21,23)/t10?,11?,15-/m0/s1. The predicted octanol–water partition coefficient (Wildman–Crippen LogP) is 2.23. The number of aromatic amines is 1. The maximum absolute atomic E-state index is 12.8. The quantitative estimate of drug-likeness (QED) is 0.669. The van der Waals surface area contributed by atoms with E-state index in [1.165, 1.54) is 0 Å². The van der Waals surface area contributed by atoms with E-state index in [4.69, 9.17) is 0 Å². The zero-order chi connectivity index (χ0) is 17.4. The van der Waals surface area contributed by atoms with Crippen molar-refractivity contribution in [3.63, 3.8) is 0 Å². The fourth-order valence-electron chi connectivity index (χ4n) is 3.29. The molecule has 2 aromatic heterocycles. The second-order valence-electron chi connectivity index (χ2n) is 6.30. The first kappa shape index (κ1) is 16.0. The minimum absolute atomic E-state index is 0.164. The summed E-state index contributed by atoms with van der Waals surface area (Å²) in [5.41, 5.74) is -0.110. The van der Waals surface area contributed by atoms with Crippen molar-refractivity contribution in [1.82, 2.24) is 15.5 Å². The summed E-state index contributed by atoms with van der Waals surface area (Å²) in [6, 6.07) is 10.7. The monoisotopic (exact) mass is 355 g/mol. The van der Waals surface area contributed by atoms with Gasteiger partial charge in [0.1, 0.15) is 0 Å². The Kier molecular flexibility index (Phi) is 4.10. The first-order valence-corrected chi connectivity index (χ1v) is 9.01. The van der Waals surface area contributed by atoms with Gasteiger partial charge in [-0.3, -0.25) is 9.59 Å². The average Bonchev–Trinajstić information content (AvgIpc) is 3.12. The molecule has 0 spiro atoms. The SMILES string of the molecule is O=C(N[C@H](c1cccs1)C1CC(O)C1)c1n[nH]c(=O)c2ccccc12. The van der Waals surface area contributed by atoms with Gasteiger partial charge in [0.2, 0.25) is 0 Å². The molecule has 0 aliphatic heterocycles. The zero-order valence-electron chi connectivity index (χ0n) is 13.3. The number of thiophene rings is 1. The van der Waals surface area contributed by atoms with Gasteiger partial charge >= 0.3 is 0 Å². The van der Waals surface area contributed by atoms with Gasteiger partial charge in [-0.15, -0.1) is 11.3 Å². The van der Waals surface area contributed by atoms with Crippen LogP contribution in [-0.4, -0.2) is 27.3 Å². The number of amides is 1. The van der Waals surface area contributed by atoms with Gasteiger partial charge < -0.3 is 10.4 Å². The van der Waals surface area contributed by atoms with Crippen LogP contribution in [0.15, 0.2) is 46.6 Å². The normalized spacial score (nSPS) is 20.8. The van der Waals surface area contributed by atoms with Crippen molar-refractivity contribution in [2.24, 2.45) is 5.92 Å². The first-order valence-electron chi connectivity index (χ1n) is 8.13. The van der Waals surface area contributed by atoms with Crippen LogP contribution in [0.2, 0.25) is 0 Å². The molecular formula is C18H17N3O3S. The number of hydrogen-bond acceptors (Lipinski definition) is 5. The summed E-state index contributed by atoms with van der Waals surface area (Å²) in [5.74, 6) is -0.126. The molecule has 4 rings (SSSR count). The predicted molar refractivity (Wildman–Crippen MR) is 95.6 cm³/mol. The van der Waals surface area contributed by atoms with Gasteiger partial charge in [0.05, 0.1) is 17.5 Å². The molecule has 1 fully saturated rings. The van der Waals surface area contributed by atoms with Crippen LogP contribution < -0.4 is 10.9 Å². The van der Waals surface area contributed by atoms with Gasteiger partial charge in [0.15, 0.2) is 5.69 Å². The van der Waals surface area contributed by atoms with E-state index in [1.807, 2.05) is 17.5 Å². The summed E-state index contributed by atoms with van der Waals surface area (Å²) in [6.07, 6.45) is 1.04. The molecule has 1 atom stereocenters. The lowest BCUT2D eigenvalue weighted by atomic mass is 9.76. The molecule has 0 radical (unpaired) electrons. The highest BCUT2D eigenvalue weighted by Crippen LogP contribution is 2.39. The van der Waals surface area contributed by atoms with Crippen LogP contribution >= 0.6 is 11.3 Å². The van der Waals surface area contributed by atoms with E-state index >= 15 is 0 Å². The van der Waals surface area contributed by atoms with Gasteiger partial charge in [0.25, 0.3) is 11.5 Å². The molecule has 25 heavy (non-hydrogen) atoms. The molecule has 0 unspecified atom stereocenters. The third-order valence-corrected chi connectivity index (χ3v) is 5.62. The highest BCUT2D eigenvalue weighted by atomic mass is 32.1. The molecule has 3 aromatic rings. The fourth-order valence-corrected chi connectivity index (χ4v) is 4.16. The molecule has 6 nitrogen and oxygen atoms in total. The summed E-state index contributed by atoms with van der Waals surface area (Å²) in [4.78, 5) is 25.8. The van der Waals surface area contributed by atoms with Crippen LogP contribution in [0.5, 0.6) is 0 Å². The van der Waals surface area contributed by atoms with E-state index < -0.39 is 0 Å². The van der Waals surface area contributed by atoms with Crippen molar-refractivity contribution < 1.29 is 9.90 Å². The molecule has 7 heteroatoms. The number of benzene rings is 1. The van der Waals surface area contributed by atoms with Crippen LogP contribution in [0.3, 0.4) is 0 Å². The smallest absolute Gasteiger partial charge is 0.272 e. The Balaban J connectivity index is 1.66. The molecule has 1 aliphatic rings. The number of H-pyrrole nitrogens is 1. The summed E-state index contributed by atoms with van der Waals surface area (Å²) in [7, 11) is 0. The molecule has 3 N–H and O–H groups in total. The van der Waals surface area contributed by atoms with E-state index in [2.05, 4.69) is 15.5 Å². The summed E-state index contributed by atoms with van der Waals surface area (Å²) < 4.78 is 0. The first-order chi connectivity index (χ1) is 12.1. The Bertz CT molecular complexity index is 961. The van der Waals surface area contributed by atoms with Crippen LogP contribution in [0.4, 0.5) is 0 Å². The molecule has 1 aromatic carbocycles. The van der Waals surface area contributed by atoms with E-state index in [0.29, 0.717) is 23.6 Å². The molecule has 0 saturated heterocycles. The van der Waals surface area contributed by atoms with Gasteiger partial charge in [-0.1, -0.05) is 24.3 Å². The van der Waals surface area contributed by atoms with Crippen LogP contribution in [0.1, 0.15) is 34.2 Å². The second kappa shape index (κ2) is 6.42. The third kappa shape index (κ3) is 2.96. The zero-order valence-corrected chi connectivity index (χ0v) is 14.1. The van der Waals surface area contributed by atoms with Crippen LogP contribution in [0, 0.1) is 5.92 Å². The summed E-state index contributed by atoms with van der Waals surface area (Å²) >= 11 is 1.58. The summed E-state index contributed by atoms with van der Waals surface area (Å²) in [6.45, 7) is 0. The van der Waals surface area contributed by atoms with Gasteiger partial charge in [-0.2, -0.15) is 5.10 Å². The van der Waals surface area contributed by atoms with Crippen molar-refractivity contribution in [3.05, 3.63) is 62.7 Å². The molecule has 0 bridgehead atoms. The van der Waals surface area contributed by atoms with Gasteiger partial charge in [-0.25, -0.2) is 5.10 Å². The Hall–Kier alpha value is -2.51. The van der Waals surface area contributed by atoms with Crippen LogP contribution in [0.25, 0.3) is 10.8 Å². The highest BCUT2D eigenvalue weighted by molar-refractivity contribution is 7.10. The topological polar surface area (TPSA) is 95.1 Å². The molecule has 128 valence electrons. The minimum Gasteiger partial charge on any atom is -0.393 e. The number of hydrogen-bond donors (Lipinski definition) is 3. The number of aliphatic hydroxyl groups is 1. The average molecular weight is 355 g/mol. The number of nitrogens with zero attached hydrogens (tertiary/aromatic N) is 1. The van der Waals surface area contributed by atoms with E-state index in [9.17, 15) is 14.7 Å². The number of nitrogens with one attached hydrogen (secondary N) is 2. The fraction of sp³-hybridized carbons (Fsp3) is 0.278. The lowest BCUT2D eigenvalue weighted by Crippen LogP contribution is -2.41. The Morgan fingerprint density at radius 3 is 2.68 bits per heavy atom. The number of carbonyl (C=O) groups is 1. The van der Waals surface area contributed by atoms with Crippen molar-refractivity contribution in [1.29, 1.82) is 0 Å². The molecule has 1 saturated carbocycles. The highest BCUT2D eigenvalue weighted by Gasteiger charge is 2.36. The Labute approximate surface area is 147 Å². The number of carbonyl (C=O) groups excluding carboxylic acids is 1. The maximum Gasteiger partial charge on any atom is 0.272 e. The summed E-state index contributed by atoms with van der Waals surface area (Å²) in [5, 5.41) is 22.0. The maximum atomic E-state index is 12.8. The second-order valence-corrected chi connectivity index (χ2v) is 7.28. The lowest BCUT2D eigenvalue weighted by Gasteiger charge is -2.37. The van der Waals surface area contributed by atoms with E-state index in [-0.39, 0.29) is 35.2 Å². The number of fused-ring (bicyclic) bond motifs is 1. The lowest BCUT2D eigenvalue weighted by molar-refractivity contribution is 0.0240. The minimum atomic E-state index is -0.327. The molecule has 1 aliphatic carbocycles. The van der Waals surface area contributed by atoms with E-state index in [1.54, 1.807) is 35.6 Å². The number of rotatable bonds is 4. The Morgan fingerprint density at radius 1 is 1.24 bits per heavy atom. The molecule has 2 heterocycles. The molecule has 1 amide bonds. The Morgan fingerprint density at radius 2 is 2.00 bits per heavy atom.